The molecule has 0 radical (unpaired) electrons. The topological polar surface area (TPSA) is 49.3 Å². The van der Waals surface area contributed by atoms with E-state index in [-0.39, 0.29) is 0 Å². The fourth-order valence-corrected chi connectivity index (χ4v) is 3.21. The van der Waals surface area contributed by atoms with Gasteiger partial charge in [-0.25, -0.2) is 4.99 Å². The van der Waals surface area contributed by atoms with Crippen molar-refractivity contribution in [2.45, 2.75) is 30.5 Å². The Morgan fingerprint density at radius 2 is 2.00 bits per heavy atom. The molecule has 0 saturated carbocycles. The second-order valence-electron chi connectivity index (χ2n) is 5.28. The minimum absolute atomic E-state index is 0.435. The van der Waals surface area contributed by atoms with Gasteiger partial charge in [0.25, 0.3) is 0 Å². The maximum Gasteiger partial charge on any atom is 0.191 e. The van der Waals surface area contributed by atoms with Gasteiger partial charge >= 0.3 is 0 Å². The minimum atomic E-state index is 0.435. The maximum atomic E-state index is 4.59. The molecule has 24 heavy (non-hydrogen) atoms. The second-order valence-corrected chi connectivity index (χ2v) is 7.71. The molecular weight excluding hydrogens is 384 g/mol. The molecule has 0 aliphatic carbocycles. The second kappa shape index (κ2) is 10.4. The summed E-state index contributed by atoms with van der Waals surface area (Å²) in [5.41, 5.74) is 0.965. The van der Waals surface area contributed by atoms with Crippen LogP contribution in [0.15, 0.2) is 63.0 Å². The van der Waals surface area contributed by atoms with Gasteiger partial charge in [-0.2, -0.15) is 0 Å². The smallest absolute Gasteiger partial charge is 0.191 e. The lowest BCUT2D eigenvalue weighted by atomic mass is 10.3. The van der Waals surface area contributed by atoms with Crippen LogP contribution in [-0.4, -0.2) is 29.3 Å². The molecule has 1 aromatic carbocycles. The van der Waals surface area contributed by atoms with E-state index in [1.165, 1.54) is 4.90 Å². The quantitative estimate of drug-likeness (QED) is 0.413. The van der Waals surface area contributed by atoms with Crippen LogP contribution >= 0.6 is 27.7 Å². The van der Waals surface area contributed by atoms with E-state index in [4.69, 9.17) is 0 Å². The molecule has 0 amide bonds. The number of guanidine groups is 1. The monoisotopic (exact) mass is 406 g/mol. The SMILES string of the molecule is CCNC(=NCc1ccccn1)NCC(C)Sc1ccc(Br)cc1. The van der Waals surface area contributed by atoms with E-state index in [1.807, 2.05) is 30.0 Å². The fourth-order valence-electron chi connectivity index (χ4n) is 2.02. The highest BCUT2D eigenvalue weighted by atomic mass is 79.9. The maximum absolute atomic E-state index is 4.59. The van der Waals surface area contributed by atoms with E-state index in [1.54, 1.807) is 6.20 Å². The van der Waals surface area contributed by atoms with Gasteiger partial charge in [-0.1, -0.05) is 28.9 Å². The van der Waals surface area contributed by atoms with E-state index in [9.17, 15) is 0 Å². The van der Waals surface area contributed by atoms with Gasteiger partial charge in [0.05, 0.1) is 12.2 Å². The summed E-state index contributed by atoms with van der Waals surface area (Å²) in [6.07, 6.45) is 1.79. The van der Waals surface area contributed by atoms with Crippen molar-refractivity contribution in [3.05, 3.63) is 58.8 Å². The molecule has 2 rings (SSSR count). The van der Waals surface area contributed by atoms with E-state index in [2.05, 4.69) is 74.7 Å². The van der Waals surface area contributed by atoms with Crippen LogP contribution in [0.1, 0.15) is 19.5 Å². The minimum Gasteiger partial charge on any atom is -0.357 e. The Morgan fingerprint density at radius 1 is 1.21 bits per heavy atom. The van der Waals surface area contributed by atoms with Crippen molar-refractivity contribution in [3.63, 3.8) is 0 Å². The Hall–Kier alpha value is -1.53. The van der Waals surface area contributed by atoms with Crippen LogP contribution in [0, 0.1) is 0 Å². The van der Waals surface area contributed by atoms with Gasteiger partial charge in [0.15, 0.2) is 5.96 Å². The fraction of sp³-hybridized carbons (Fsp3) is 0.333. The van der Waals surface area contributed by atoms with Crippen LogP contribution < -0.4 is 10.6 Å². The molecule has 4 nitrogen and oxygen atoms in total. The zero-order chi connectivity index (χ0) is 17.2. The zero-order valence-corrected chi connectivity index (χ0v) is 16.4. The van der Waals surface area contributed by atoms with Crippen molar-refractivity contribution in [3.8, 4) is 0 Å². The molecule has 0 spiro atoms. The van der Waals surface area contributed by atoms with Crippen molar-refractivity contribution in [2.75, 3.05) is 13.1 Å². The van der Waals surface area contributed by atoms with E-state index < -0.39 is 0 Å². The zero-order valence-electron chi connectivity index (χ0n) is 14.0. The van der Waals surface area contributed by atoms with Crippen LogP contribution in [-0.2, 0) is 6.54 Å². The summed E-state index contributed by atoms with van der Waals surface area (Å²) in [5.74, 6) is 0.825. The third kappa shape index (κ3) is 6.93. The van der Waals surface area contributed by atoms with Crippen molar-refractivity contribution in [1.82, 2.24) is 15.6 Å². The van der Waals surface area contributed by atoms with Crippen LogP contribution in [0.5, 0.6) is 0 Å². The Balaban J connectivity index is 1.84. The number of nitrogens with one attached hydrogen (secondary N) is 2. The standard InChI is InChI=1S/C18H23BrN4S/c1-3-20-18(23-13-16-6-4-5-11-21-16)22-12-14(2)24-17-9-7-15(19)8-10-17/h4-11,14H,3,12-13H2,1-2H3,(H2,20,22,23). The molecule has 1 heterocycles. The summed E-state index contributed by atoms with van der Waals surface area (Å²) in [4.78, 5) is 10.2. The van der Waals surface area contributed by atoms with Gasteiger partial charge in [0, 0.05) is 33.9 Å². The number of halogens is 1. The summed E-state index contributed by atoms with van der Waals surface area (Å²) < 4.78 is 1.11. The number of aromatic nitrogens is 1. The number of benzene rings is 1. The lowest BCUT2D eigenvalue weighted by Crippen LogP contribution is -2.40. The van der Waals surface area contributed by atoms with Gasteiger partial charge in [0.2, 0.25) is 0 Å². The summed E-state index contributed by atoms with van der Waals surface area (Å²) in [6.45, 7) is 6.53. The molecule has 6 heteroatoms. The van der Waals surface area contributed by atoms with Crippen LogP contribution in [0.25, 0.3) is 0 Å². The summed E-state index contributed by atoms with van der Waals surface area (Å²) >= 11 is 5.31. The molecule has 128 valence electrons. The summed E-state index contributed by atoms with van der Waals surface area (Å²) in [7, 11) is 0. The number of thioether (sulfide) groups is 1. The number of hydrogen-bond acceptors (Lipinski definition) is 3. The highest BCUT2D eigenvalue weighted by molar-refractivity contribution is 9.10. The Bertz CT molecular complexity index is 631. The first-order valence-electron chi connectivity index (χ1n) is 8.01. The van der Waals surface area contributed by atoms with Crippen molar-refractivity contribution >= 4 is 33.7 Å². The predicted molar refractivity (Wildman–Crippen MR) is 107 cm³/mol. The molecule has 0 bridgehead atoms. The van der Waals surface area contributed by atoms with Crippen molar-refractivity contribution in [2.24, 2.45) is 4.99 Å². The normalized spacial score (nSPS) is 12.7. The van der Waals surface area contributed by atoms with Crippen LogP contribution in [0.3, 0.4) is 0 Å². The van der Waals surface area contributed by atoms with Crippen molar-refractivity contribution < 1.29 is 0 Å². The highest BCUT2D eigenvalue weighted by Gasteiger charge is 2.06. The van der Waals surface area contributed by atoms with Crippen LogP contribution in [0.2, 0.25) is 0 Å². The van der Waals surface area contributed by atoms with E-state index in [0.29, 0.717) is 11.8 Å². The molecule has 0 fully saturated rings. The van der Waals surface area contributed by atoms with Gasteiger partial charge in [-0.15, -0.1) is 11.8 Å². The summed E-state index contributed by atoms with van der Waals surface area (Å²) in [6, 6.07) is 14.3. The first kappa shape index (κ1) is 18.8. The molecular formula is C18H23BrN4S. The van der Waals surface area contributed by atoms with E-state index in [0.717, 1.165) is 29.2 Å². The molecule has 0 aliphatic rings. The third-order valence-electron chi connectivity index (χ3n) is 3.18. The number of hydrogen-bond donors (Lipinski definition) is 2. The number of aliphatic imine (C=N–C) groups is 1. The molecule has 2 N–H and O–H groups in total. The molecule has 1 unspecified atom stereocenters. The predicted octanol–water partition coefficient (Wildman–Crippen LogP) is 4.08. The Kier molecular flexibility index (Phi) is 8.12. The van der Waals surface area contributed by atoms with Gasteiger partial charge in [-0.3, -0.25) is 4.98 Å². The highest BCUT2D eigenvalue weighted by Crippen LogP contribution is 2.24. The lowest BCUT2D eigenvalue weighted by molar-refractivity contribution is 0.792. The molecule has 1 aromatic heterocycles. The summed E-state index contributed by atoms with van der Waals surface area (Å²) in [5, 5.41) is 7.11. The molecule has 1 atom stereocenters. The van der Waals surface area contributed by atoms with Crippen molar-refractivity contribution in [1.29, 1.82) is 0 Å². The Morgan fingerprint density at radius 3 is 2.67 bits per heavy atom. The third-order valence-corrected chi connectivity index (χ3v) is 4.82. The average molecular weight is 407 g/mol. The largest absolute Gasteiger partial charge is 0.357 e. The first-order chi connectivity index (χ1) is 11.7. The molecule has 2 aromatic rings. The first-order valence-corrected chi connectivity index (χ1v) is 9.69. The average Bonchev–Trinajstić information content (AvgIpc) is 2.60. The lowest BCUT2D eigenvalue weighted by Gasteiger charge is -2.15. The number of rotatable bonds is 7. The van der Waals surface area contributed by atoms with Gasteiger partial charge in [-0.05, 0) is 43.3 Å². The Labute approximate surface area is 156 Å². The molecule has 0 saturated heterocycles. The number of pyridine rings is 1. The molecule has 0 aliphatic heterocycles. The van der Waals surface area contributed by atoms with Gasteiger partial charge < -0.3 is 10.6 Å². The van der Waals surface area contributed by atoms with E-state index >= 15 is 0 Å². The van der Waals surface area contributed by atoms with Gasteiger partial charge in [0.1, 0.15) is 0 Å². The number of nitrogens with zero attached hydrogens (tertiary/aromatic N) is 2. The van der Waals surface area contributed by atoms with Crippen LogP contribution in [0.4, 0.5) is 0 Å².